The quantitative estimate of drug-likeness (QED) is 0.820. The van der Waals surface area contributed by atoms with E-state index in [0.717, 1.165) is 48.6 Å². The van der Waals surface area contributed by atoms with Crippen molar-refractivity contribution in [2.24, 2.45) is 0 Å². The first-order chi connectivity index (χ1) is 12.6. The fourth-order valence-corrected chi connectivity index (χ4v) is 4.20. The van der Waals surface area contributed by atoms with E-state index in [2.05, 4.69) is 35.2 Å². The number of pyridine rings is 1. The molecule has 0 aromatic carbocycles. The molecule has 0 spiro atoms. The molecule has 2 aromatic rings. The van der Waals surface area contributed by atoms with Crippen molar-refractivity contribution < 1.29 is 4.79 Å². The normalized spacial score (nSPS) is 17.5. The minimum Gasteiger partial charge on any atom is -0.332 e. The maximum absolute atomic E-state index is 12.7. The van der Waals surface area contributed by atoms with Crippen LogP contribution in [0, 0.1) is 0 Å². The van der Waals surface area contributed by atoms with Crippen LogP contribution in [0.25, 0.3) is 0 Å². The van der Waals surface area contributed by atoms with E-state index >= 15 is 0 Å². The van der Waals surface area contributed by atoms with Crippen molar-refractivity contribution in [3.8, 4) is 0 Å². The second-order valence-electron chi connectivity index (χ2n) is 7.19. The largest absolute Gasteiger partial charge is 0.332 e. The lowest BCUT2D eigenvalue weighted by atomic mass is 9.97. The average molecular weight is 373 g/mol. The number of urea groups is 1. The molecule has 2 aromatic heterocycles. The predicted octanol–water partition coefficient (Wildman–Crippen LogP) is 4.36. The lowest BCUT2D eigenvalue weighted by Gasteiger charge is -2.35. The van der Waals surface area contributed by atoms with E-state index in [0.29, 0.717) is 18.5 Å². The van der Waals surface area contributed by atoms with E-state index in [1.165, 1.54) is 6.42 Å². The van der Waals surface area contributed by atoms with E-state index in [4.69, 9.17) is 0 Å². The van der Waals surface area contributed by atoms with Crippen LogP contribution in [0.2, 0.25) is 0 Å². The molecule has 3 heterocycles. The summed E-state index contributed by atoms with van der Waals surface area (Å²) in [5.74, 6) is 0.433. The molecule has 1 aliphatic rings. The SMILES string of the molecule is CC(C)c1nc(CNC(=O)N2CCCC[C@@H]2CCc2ccccn2)cs1. The van der Waals surface area contributed by atoms with Crippen LogP contribution >= 0.6 is 11.3 Å². The van der Waals surface area contributed by atoms with E-state index in [9.17, 15) is 4.79 Å². The Kier molecular flexibility index (Phi) is 6.61. The van der Waals surface area contributed by atoms with Crippen LogP contribution in [0.1, 0.15) is 61.8 Å². The van der Waals surface area contributed by atoms with Crippen molar-refractivity contribution in [2.45, 2.75) is 64.5 Å². The first kappa shape index (κ1) is 18.8. The number of amides is 2. The molecular formula is C20H28N4OS. The first-order valence-electron chi connectivity index (χ1n) is 9.52. The molecule has 0 aliphatic carbocycles. The number of carbonyl (C=O) groups is 1. The molecule has 1 aliphatic heterocycles. The smallest absolute Gasteiger partial charge is 0.317 e. The van der Waals surface area contributed by atoms with Crippen LogP contribution in [0.15, 0.2) is 29.8 Å². The highest BCUT2D eigenvalue weighted by Crippen LogP contribution is 2.22. The van der Waals surface area contributed by atoms with Gasteiger partial charge < -0.3 is 10.2 Å². The van der Waals surface area contributed by atoms with Crippen molar-refractivity contribution in [3.63, 3.8) is 0 Å². The number of aryl methyl sites for hydroxylation is 1. The van der Waals surface area contributed by atoms with Gasteiger partial charge in [-0.05, 0) is 44.2 Å². The highest BCUT2D eigenvalue weighted by molar-refractivity contribution is 7.09. The molecular weight excluding hydrogens is 344 g/mol. The maximum Gasteiger partial charge on any atom is 0.317 e. The number of likely N-dealkylation sites (tertiary alicyclic amines) is 1. The van der Waals surface area contributed by atoms with Crippen LogP contribution in [0.3, 0.4) is 0 Å². The molecule has 0 saturated carbocycles. The Labute approximate surface area is 159 Å². The van der Waals surface area contributed by atoms with E-state index in [-0.39, 0.29) is 6.03 Å². The summed E-state index contributed by atoms with van der Waals surface area (Å²) in [6.07, 6.45) is 7.08. The lowest BCUT2D eigenvalue weighted by Crippen LogP contribution is -2.48. The number of piperidine rings is 1. The van der Waals surface area contributed by atoms with Gasteiger partial charge in [-0.3, -0.25) is 4.98 Å². The molecule has 1 N–H and O–H groups in total. The number of hydrogen-bond acceptors (Lipinski definition) is 4. The second kappa shape index (κ2) is 9.12. The summed E-state index contributed by atoms with van der Waals surface area (Å²) in [6, 6.07) is 6.35. The number of hydrogen-bond donors (Lipinski definition) is 1. The van der Waals surface area contributed by atoms with Crippen molar-refractivity contribution in [2.75, 3.05) is 6.54 Å². The number of aromatic nitrogens is 2. The third-order valence-corrected chi connectivity index (χ3v) is 6.03. The molecule has 0 unspecified atom stereocenters. The molecule has 1 fully saturated rings. The summed E-state index contributed by atoms with van der Waals surface area (Å²) in [5, 5.41) is 6.24. The van der Waals surface area contributed by atoms with Crippen LogP contribution in [0.5, 0.6) is 0 Å². The number of nitrogens with one attached hydrogen (secondary N) is 1. The zero-order valence-electron chi connectivity index (χ0n) is 15.6. The van der Waals surface area contributed by atoms with E-state index in [1.54, 1.807) is 11.3 Å². The number of carbonyl (C=O) groups excluding carboxylic acids is 1. The zero-order valence-corrected chi connectivity index (χ0v) is 16.5. The Balaban J connectivity index is 1.53. The van der Waals surface area contributed by atoms with Crippen molar-refractivity contribution >= 4 is 17.4 Å². The molecule has 6 heteroatoms. The average Bonchev–Trinajstić information content (AvgIpc) is 3.15. The topological polar surface area (TPSA) is 58.1 Å². The third-order valence-electron chi connectivity index (χ3n) is 4.83. The summed E-state index contributed by atoms with van der Waals surface area (Å²) in [6.45, 7) is 5.63. The minimum atomic E-state index is 0.0369. The fraction of sp³-hybridized carbons (Fsp3) is 0.550. The molecule has 5 nitrogen and oxygen atoms in total. The summed E-state index contributed by atoms with van der Waals surface area (Å²) >= 11 is 1.67. The molecule has 0 bridgehead atoms. The monoisotopic (exact) mass is 372 g/mol. The molecule has 2 amide bonds. The van der Waals surface area contributed by atoms with Crippen molar-refractivity contribution in [1.29, 1.82) is 0 Å². The van der Waals surface area contributed by atoms with E-state index in [1.807, 2.05) is 28.6 Å². The first-order valence-corrected chi connectivity index (χ1v) is 10.4. The molecule has 26 heavy (non-hydrogen) atoms. The predicted molar refractivity (Wildman–Crippen MR) is 105 cm³/mol. The number of rotatable bonds is 6. The van der Waals surface area contributed by atoms with Gasteiger partial charge in [0, 0.05) is 35.8 Å². The Morgan fingerprint density at radius 3 is 2.96 bits per heavy atom. The van der Waals surface area contributed by atoms with Crippen molar-refractivity contribution in [3.05, 3.63) is 46.2 Å². The number of nitrogens with zero attached hydrogens (tertiary/aromatic N) is 3. The van der Waals surface area contributed by atoms with Crippen molar-refractivity contribution in [1.82, 2.24) is 20.2 Å². The summed E-state index contributed by atoms with van der Waals surface area (Å²) in [7, 11) is 0. The van der Waals surface area contributed by atoms with Gasteiger partial charge >= 0.3 is 6.03 Å². The van der Waals surface area contributed by atoms with Gasteiger partial charge in [0.05, 0.1) is 17.2 Å². The van der Waals surface area contributed by atoms with Crippen LogP contribution < -0.4 is 5.32 Å². The summed E-state index contributed by atoms with van der Waals surface area (Å²) in [5.41, 5.74) is 2.05. The van der Waals surface area contributed by atoms with Crippen LogP contribution in [0.4, 0.5) is 4.79 Å². The van der Waals surface area contributed by atoms with Gasteiger partial charge in [-0.2, -0.15) is 0 Å². The minimum absolute atomic E-state index is 0.0369. The molecule has 140 valence electrons. The molecule has 0 radical (unpaired) electrons. The van der Waals surface area contributed by atoms with Gasteiger partial charge in [-0.1, -0.05) is 19.9 Å². The Morgan fingerprint density at radius 1 is 1.35 bits per heavy atom. The van der Waals surface area contributed by atoms with Gasteiger partial charge in [-0.15, -0.1) is 11.3 Å². The van der Waals surface area contributed by atoms with Gasteiger partial charge in [0.2, 0.25) is 0 Å². The Morgan fingerprint density at radius 2 is 2.23 bits per heavy atom. The zero-order chi connectivity index (χ0) is 18.4. The van der Waals surface area contributed by atoms with Gasteiger partial charge in [0.15, 0.2) is 0 Å². The van der Waals surface area contributed by atoms with Crippen LogP contribution in [-0.4, -0.2) is 33.5 Å². The highest BCUT2D eigenvalue weighted by Gasteiger charge is 2.26. The summed E-state index contributed by atoms with van der Waals surface area (Å²) < 4.78 is 0. The molecule has 3 rings (SSSR count). The standard InChI is InChI=1S/C20H28N4OS/c1-15(2)19-23-17(14-26-19)13-22-20(25)24-12-6-4-8-18(24)10-9-16-7-3-5-11-21-16/h3,5,7,11,14-15,18H,4,6,8-10,12-13H2,1-2H3,(H,22,25)/t18-/m1/s1. The van der Waals surface area contributed by atoms with Crippen LogP contribution in [-0.2, 0) is 13.0 Å². The van der Waals surface area contributed by atoms with E-state index < -0.39 is 0 Å². The molecule has 1 saturated heterocycles. The Bertz CT molecular complexity index is 701. The lowest BCUT2D eigenvalue weighted by molar-refractivity contribution is 0.146. The van der Waals surface area contributed by atoms with Gasteiger partial charge in [-0.25, -0.2) is 9.78 Å². The highest BCUT2D eigenvalue weighted by atomic mass is 32.1. The number of thiazole rings is 1. The van der Waals surface area contributed by atoms with Gasteiger partial charge in [0.1, 0.15) is 0 Å². The maximum atomic E-state index is 12.7. The Hall–Kier alpha value is -1.95. The second-order valence-corrected chi connectivity index (χ2v) is 8.08. The molecule has 1 atom stereocenters. The third kappa shape index (κ3) is 5.04. The summed E-state index contributed by atoms with van der Waals surface area (Å²) in [4.78, 5) is 23.7. The van der Waals surface area contributed by atoms with Gasteiger partial charge in [0.25, 0.3) is 0 Å². The fourth-order valence-electron chi connectivity index (χ4n) is 3.37.